The molecule has 3 heteroatoms. The quantitative estimate of drug-likeness (QED) is 0.876. The first kappa shape index (κ1) is 13.9. The summed E-state index contributed by atoms with van der Waals surface area (Å²) in [6.07, 6.45) is 8.93. The summed E-state index contributed by atoms with van der Waals surface area (Å²) in [6.45, 7) is 6.62. The number of nitrogen functional groups attached to an aromatic ring is 1. The first-order chi connectivity index (χ1) is 9.10. The normalized spacial score (nSPS) is 11.6. The summed E-state index contributed by atoms with van der Waals surface area (Å²) >= 11 is 0. The maximum Gasteiger partial charge on any atom is 0.140 e. The summed E-state index contributed by atoms with van der Waals surface area (Å²) < 4.78 is 2.13. The summed E-state index contributed by atoms with van der Waals surface area (Å²) in [6, 6.07) is 0. The summed E-state index contributed by atoms with van der Waals surface area (Å²) in [5.41, 5.74) is 10.5. The monoisotopic (exact) mass is 259 g/mol. The van der Waals surface area contributed by atoms with Crippen molar-refractivity contribution < 1.29 is 0 Å². The number of aromatic nitrogens is 2. The summed E-state index contributed by atoms with van der Waals surface area (Å²) in [4.78, 5) is 4.50. The zero-order chi connectivity index (χ0) is 14.0. The van der Waals surface area contributed by atoms with Gasteiger partial charge in [0.05, 0.1) is 11.9 Å². The third-order valence-corrected chi connectivity index (χ3v) is 4.03. The first-order valence-electron chi connectivity index (χ1n) is 7.30. The predicted molar refractivity (Wildman–Crippen MR) is 82.4 cm³/mol. The molecule has 0 bridgehead atoms. The molecule has 104 valence electrons. The fraction of sp³-hybridized carbons (Fsp3) is 0.562. The third kappa shape index (κ3) is 2.46. The molecular weight excluding hydrogens is 234 g/mol. The van der Waals surface area contributed by atoms with Gasteiger partial charge in [0.25, 0.3) is 0 Å². The highest BCUT2D eigenvalue weighted by atomic mass is 15.0. The minimum Gasteiger partial charge on any atom is -0.397 e. The van der Waals surface area contributed by atoms with E-state index in [4.69, 9.17) is 5.73 Å². The fourth-order valence-electron chi connectivity index (χ4n) is 3.01. The van der Waals surface area contributed by atoms with Crippen molar-refractivity contribution in [2.45, 2.75) is 52.4 Å². The Kier molecular flexibility index (Phi) is 4.13. The zero-order valence-electron chi connectivity index (χ0n) is 12.5. The van der Waals surface area contributed by atoms with E-state index in [9.17, 15) is 0 Å². The van der Waals surface area contributed by atoms with E-state index in [1.54, 1.807) is 6.20 Å². The molecule has 0 amide bonds. The van der Waals surface area contributed by atoms with E-state index in [2.05, 4.69) is 43.6 Å². The Labute approximate surface area is 115 Å². The van der Waals surface area contributed by atoms with Crippen molar-refractivity contribution in [3.05, 3.63) is 23.5 Å². The minimum atomic E-state index is 0.626. The highest BCUT2D eigenvalue weighted by Crippen LogP contribution is 2.35. The molecular formula is C16H25N3. The predicted octanol–water partition coefficient (Wildman–Crippen LogP) is 4.15. The topological polar surface area (TPSA) is 43.8 Å². The molecule has 0 unspecified atom stereocenters. The van der Waals surface area contributed by atoms with E-state index in [-0.39, 0.29) is 0 Å². The molecule has 0 aliphatic carbocycles. The minimum absolute atomic E-state index is 0.626. The molecule has 2 heterocycles. The number of hydrogen-bond acceptors (Lipinski definition) is 2. The Morgan fingerprint density at radius 2 is 1.89 bits per heavy atom. The SMILES string of the molecule is CCCC(CCC)c1cn(C)c2ncc(N)c(C)c12. The van der Waals surface area contributed by atoms with Crippen LogP contribution >= 0.6 is 0 Å². The molecule has 2 rings (SSSR count). The Bertz CT molecular complexity index is 563. The molecule has 0 aliphatic heterocycles. The van der Waals surface area contributed by atoms with Gasteiger partial charge in [0.2, 0.25) is 0 Å². The molecule has 0 spiro atoms. The van der Waals surface area contributed by atoms with Crippen LogP contribution < -0.4 is 5.73 Å². The third-order valence-electron chi connectivity index (χ3n) is 4.03. The Morgan fingerprint density at radius 1 is 1.26 bits per heavy atom. The van der Waals surface area contributed by atoms with E-state index in [1.807, 2.05) is 0 Å². The van der Waals surface area contributed by atoms with Gasteiger partial charge in [0, 0.05) is 18.6 Å². The van der Waals surface area contributed by atoms with E-state index in [0.29, 0.717) is 5.92 Å². The highest BCUT2D eigenvalue weighted by Gasteiger charge is 2.18. The second kappa shape index (κ2) is 5.64. The second-order valence-electron chi connectivity index (χ2n) is 5.51. The fourth-order valence-corrected chi connectivity index (χ4v) is 3.01. The molecule has 0 aromatic carbocycles. The summed E-state index contributed by atoms with van der Waals surface area (Å²) in [5, 5.41) is 1.27. The summed E-state index contributed by atoms with van der Waals surface area (Å²) in [5.74, 6) is 0.626. The number of nitrogens with zero attached hydrogens (tertiary/aromatic N) is 2. The van der Waals surface area contributed by atoms with Crippen molar-refractivity contribution in [2.75, 3.05) is 5.73 Å². The van der Waals surface area contributed by atoms with Crippen molar-refractivity contribution in [1.29, 1.82) is 0 Å². The van der Waals surface area contributed by atoms with E-state index in [1.165, 1.54) is 42.2 Å². The van der Waals surface area contributed by atoms with Gasteiger partial charge < -0.3 is 10.3 Å². The molecule has 3 nitrogen and oxygen atoms in total. The van der Waals surface area contributed by atoms with E-state index < -0.39 is 0 Å². The second-order valence-corrected chi connectivity index (χ2v) is 5.51. The largest absolute Gasteiger partial charge is 0.397 e. The molecule has 0 saturated heterocycles. The van der Waals surface area contributed by atoms with Gasteiger partial charge in [0.15, 0.2) is 0 Å². The zero-order valence-corrected chi connectivity index (χ0v) is 12.5. The average molecular weight is 259 g/mol. The lowest BCUT2D eigenvalue weighted by Crippen LogP contribution is -1.99. The van der Waals surface area contributed by atoms with E-state index >= 15 is 0 Å². The number of aryl methyl sites for hydroxylation is 2. The molecule has 0 aliphatic rings. The number of nitrogens with two attached hydrogens (primary N) is 1. The van der Waals surface area contributed by atoms with Crippen molar-refractivity contribution in [2.24, 2.45) is 7.05 Å². The Morgan fingerprint density at radius 3 is 2.47 bits per heavy atom. The van der Waals surface area contributed by atoms with Crippen LogP contribution in [0.15, 0.2) is 12.4 Å². The lowest BCUT2D eigenvalue weighted by atomic mass is 9.89. The summed E-state index contributed by atoms with van der Waals surface area (Å²) in [7, 11) is 2.07. The smallest absolute Gasteiger partial charge is 0.140 e. The van der Waals surface area contributed by atoms with Crippen LogP contribution in [0.25, 0.3) is 11.0 Å². The lowest BCUT2D eigenvalue weighted by Gasteiger charge is -2.15. The lowest BCUT2D eigenvalue weighted by molar-refractivity contribution is 0.563. The van der Waals surface area contributed by atoms with Crippen LogP contribution in [0.3, 0.4) is 0 Å². The van der Waals surface area contributed by atoms with Gasteiger partial charge in [-0.1, -0.05) is 26.7 Å². The Balaban J connectivity index is 2.61. The van der Waals surface area contributed by atoms with Crippen LogP contribution in [-0.4, -0.2) is 9.55 Å². The molecule has 2 N–H and O–H groups in total. The standard InChI is InChI=1S/C16H25N3/c1-5-7-12(8-6-2)13-10-19(4)16-15(13)11(3)14(17)9-18-16/h9-10,12H,5-8,17H2,1-4H3. The number of hydrogen-bond donors (Lipinski definition) is 1. The van der Waals surface area contributed by atoms with Crippen LogP contribution in [0.4, 0.5) is 5.69 Å². The van der Waals surface area contributed by atoms with Gasteiger partial charge in [-0.25, -0.2) is 4.98 Å². The molecule has 0 saturated carbocycles. The molecule has 2 aromatic heterocycles. The van der Waals surface area contributed by atoms with Crippen LogP contribution in [0, 0.1) is 6.92 Å². The molecule has 0 fully saturated rings. The van der Waals surface area contributed by atoms with Crippen molar-refractivity contribution in [3.8, 4) is 0 Å². The van der Waals surface area contributed by atoms with Crippen LogP contribution in [0.1, 0.15) is 56.6 Å². The highest BCUT2D eigenvalue weighted by molar-refractivity contribution is 5.88. The first-order valence-corrected chi connectivity index (χ1v) is 7.30. The van der Waals surface area contributed by atoms with Crippen LogP contribution in [-0.2, 0) is 7.05 Å². The molecule has 0 radical (unpaired) electrons. The average Bonchev–Trinajstić information content (AvgIpc) is 2.72. The molecule has 0 atom stereocenters. The maximum atomic E-state index is 6.04. The number of pyridine rings is 1. The van der Waals surface area contributed by atoms with Gasteiger partial charge in [0.1, 0.15) is 5.65 Å². The van der Waals surface area contributed by atoms with Gasteiger partial charge in [-0.2, -0.15) is 0 Å². The van der Waals surface area contributed by atoms with Gasteiger partial charge in [-0.05, 0) is 36.8 Å². The van der Waals surface area contributed by atoms with Crippen molar-refractivity contribution in [3.63, 3.8) is 0 Å². The number of rotatable bonds is 5. The van der Waals surface area contributed by atoms with Crippen molar-refractivity contribution >= 4 is 16.7 Å². The van der Waals surface area contributed by atoms with Gasteiger partial charge >= 0.3 is 0 Å². The van der Waals surface area contributed by atoms with Gasteiger partial charge in [-0.3, -0.25) is 0 Å². The maximum absolute atomic E-state index is 6.04. The van der Waals surface area contributed by atoms with Crippen molar-refractivity contribution in [1.82, 2.24) is 9.55 Å². The number of anilines is 1. The van der Waals surface area contributed by atoms with Gasteiger partial charge in [-0.15, -0.1) is 0 Å². The Hall–Kier alpha value is -1.51. The molecule has 2 aromatic rings. The van der Waals surface area contributed by atoms with Crippen LogP contribution in [0.5, 0.6) is 0 Å². The van der Waals surface area contributed by atoms with E-state index in [0.717, 1.165) is 11.3 Å². The number of fused-ring (bicyclic) bond motifs is 1. The van der Waals surface area contributed by atoms with Crippen LogP contribution in [0.2, 0.25) is 0 Å². The molecule has 19 heavy (non-hydrogen) atoms.